The summed E-state index contributed by atoms with van der Waals surface area (Å²) in [5.41, 5.74) is 1.15. The van der Waals surface area contributed by atoms with Crippen LogP contribution in [-0.2, 0) is 20.8 Å². The quantitative estimate of drug-likeness (QED) is 0.837. The molecule has 0 radical (unpaired) electrons. The van der Waals surface area contributed by atoms with Crippen LogP contribution >= 0.6 is 0 Å². The Hall–Kier alpha value is -2.25. The van der Waals surface area contributed by atoms with Crippen LogP contribution in [0, 0.1) is 5.92 Å². The fourth-order valence-corrected chi connectivity index (χ4v) is 3.45. The maximum atomic E-state index is 12.9. The molecule has 7 nitrogen and oxygen atoms in total. The van der Waals surface area contributed by atoms with E-state index in [-0.39, 0.29) is 17.9 Å². The van der Waals surface area contributed by atoms with Crippen molar-refractivity contribution in [2.45, 2.75) is 19.0 Å². The summed E-state index contributed by atoms with van der Waals surface area (Å²) in [6.45, 7) is 3.39. The molecule has 2 aliphatic rings. The highest BCUT2D eigenvalue weighted by Gasteiger charge is 2.36. The van der Waals surface area contributed by atoms with Gasteiger partial charge in [0.25, 0.3) is 0 Å². The van der Waals surface area contributed by atoms with Crippen molar-refractivity contribution in [3.05, 3.63) is 48.0 Å². The van der Waals surface area contributed by atoms with Crippen LogP contribution in [0.1, 0.15) is 23.9 Å². The van der Waals surface area contributed by atoms with Crippen molar-refractivity contribution in [2.24, 2.45) is 5.92 Å². The van der Waals surface area contributed by atoms with E-state index in [0.29, 0.717) is 39.5 Å². The van der Waals surface area contributed by atoms with Crippen LogP contribution in [0.25, 0.3) is 0 Å². The van der Waals surface area contributed by atoms with E-state index < -0.39 is 0 Å². The zero-order valence-electron chi connectivity index (χ0n) is 14.1. The first kappa shape index (κ1) is 16.2. The normalized spacial score (nSPS) is 23.8. The average Bonchev–Trinajstić information content (AvgIpc) is 3.34. The second-order valence-corrected chi connectivity index (χ2v) is 6.44. The van der Waals surface area contributed by atoms with Crippen LogP contribution < -0.4 is 0 Å². The lowest BCUT2D eigenvalue weighted by Gasteiger charge is -2.36. The molecule has 1 aromatic carbocycles. The molecule has 1 amide bonds. The average molecular weight is 342 g/mol. The van der Waals surface area contributed by atoms with E-state index in [2.05, 4.69) is 22.2 Å². The fraction of sp³-hybridized carbons (Fsp3) is 0.500. The number of ether oxygens (including phenoxy) is 2. The van der Waals surface area contributed by atoms with Gasteiger partial charge in [0.05, 0.1) is 32.3 Å². The van der Waals surface area contributed by atoms with Crippen molar-refractivity contribution >= 4 is 5.91 Å². The van der Waals surface area contributed by atoms with E-state index in [1.807, 2.05) is 27.8 Å². The van der Waals surface area contributed by atoms with Gasteiger partial charge in [0.2, 0.25) is 5.91 Å². The van der Waals surface area contributed by atoms with Gasteiger partial charge >= 0.3 is 0 Å². The number of rotatable bonds is 4. The predicted molar refractivity (Wildman–Crippen MR) is 89.8 cm³/mol. The number of amides is 1. The number of morpholine rings is 1. The van der Waals surface area contributed by atoms with Crippen molar-refractivity contribution in [3.8, 4) is 0 Å². The predicted octanol–water partition coefficient (Wildman–Crippen LogP) is 1.26. The van der Waals surface area contributed by atoms with E-state index in [0.717, 1.165) is 17.8 Å². The zero-order valence-corrected chi connectivity index (χ0v) is 14.1. The minimum absolute atomic E-state index is 0.0499. The Morgan fingerprint density at radius 3 is 2.80 bits per heavy atom. The molecule has 0 N–H and O–H groups in total. The maximum absolute atomic E-state index is 12.9. The molecule has 25 heavy (non-hydrogen) atoms. The van der Waals surface area contributed by atoms with Crippen LogP contribution in [0.2, 0.25) is 0 Å². The first-order valence-corrected chi connectivity index (χ1v) is 8.70. The number of carbonyl (C=O) groups is 1. The van der Waals surface area contributed by atoms with Gasteiger partial charge in [-0.3, -0.25) is 4.79 Å². The van der Waals surface area contributed by atoms with Gasteiger partial charge in [-0.05, 0) is 12.0 Å². The highest BCUT2D eigenvalue weighted by Crippen LogP contribution is 2.27. The number of nitrogens with zero attached hydrogens (tertiary/aromatic N) is 4. The summed E-state index contributed by atoms with van der Waals surface area (Å²) in [6, 6.07) is 9.92. The van der Waals surface area contributed by atoms with Crippen molar-refractivity contribution < 1.29 is 14.3 Å². The summed E-state index contributed by atoms with van der Waals surface area (Å²) in [7, 11) is 0. The molecule has 0 bridgehead atoms. The Bertz CT molecular complexity index is 712. The molecule has 2 atom stereocenters. The molecule has 1 aromatic heterocycles. The Balaban J connectivity index is 1.56. The van der Waals surface area contributed by atoms with Crippen molar-refractivity contribution in [1.29, 1.82) is 0 Å². The number of benzene rings is 1. The van der Waals surface area contributed by atoms with Gasteiger partial charge in [-0.1, -0.05) is 30.3 Å². The van der Waals surface area contributed by atoms with Gasteiger partial charge in [-0.15, -0.1) is 0 Å². The fourth-order valence-electron chi connectivity index (χ4n) is 3.45. The number of hydrogen-bond acceptors (Lipinski definition) is 5. The molecule has 0 unspecified atom stereocenters. The number of aromatic nitrogens is 3. The Morgan fingerprint density at radius 2 is 2.00 bits per heavy atom. The van der Waals surface area contributed by atoms with Crippen molar-refractivity contribution in [1.82, 2.24) is 19.7 Å². The third-order valence-corrected chi connectivity index (χ3v) is 4.81. The van der Waals surface area contributed by atoms with Gasteiger partial charge in [0.1, 0.15) is 12.4 Å². The molecular weight excluding hydrogens is 320 g/mol. The summed E-state index contributed by atoms with van der Waals surface area (Å²) in [5, 5.41) is 4.37. The summed E-state index contributed by atoms with van der Waals surface area (Å²) in [4.78, 5) is 19.2. The highest BCUT2D eigenvalue weighted by molar-refractivity contribution is 5.79. The second kappa shape index (κ2) is 7.33. The minimum atomic E-state index is -0.201. The standard InChI is InChI=1S/C18H22N4O3/c23-18(15-6-8-24-11-15)21-7-9-25-12-16(21)17-19-13-20-22(17)10-14-4-2-1-3-5-14/h1-5,13,15-16H,6-12H2/t15-,16+/m1/s1. The van der Waals surface area contributed by atoms with E-state index in [1.165, 1.54) is 0 Å². The van der Waals surface area contributed by atoms with Crippen LogP contribution in [0.5, 0.6) is 0 Å². The molecule has 0 aliphatic carbocycles. The maximum Gasteiger partial charge on any atom is 0.228 e. The first-order chi connectivity index (χ1) is 12.3. The molecule has 132 valence electrons. The topological polar surface area (TPSA) is 69.5 Å². The number of hydrogen-bond donors (Lipinski definition) is 0. The van der Waals surface area contributed by atoms with Crippen molar-refractivity contribution in [3.63, 3.8) is 0 Å². The van der Waals surface area contributed by atoms with E-state index in [4.69, 9.17) is 9.47 Å². The molecule has 7 heteroatoms. The SMILES string of the molecule is O=C([C@@H]1CCOC1)N1CCOC[C@H]1c1ncnn1Cc1ccccc1. The molecule has 0 saturated carbocycles. The van der Waals surface area contributed by atoms with Gasteiger partial charge in [-0.2, -0.15) is 5.10 Å². The summed E-state index contributed by atoms with van der Waals surface area (Å²) < 4.78 is 12.9. The second-order valence-electron chi connectivity index (χ2n) is 6.44. The van der Waals surface area contributed by atoms with Gasteiger partial charge in [-0.25, -0.2) is 9.67 Å². The van der Waals surface area contributed by atoms with Crippen LogP contribution in [-0.4, -0.2) is 58.5 Å². The molecule has 0 spiro atoms. The largest absolute Gasteiger partial charge is 0.381 e. The van der Waals surface area contributed by atoms with Crippen LogP contribution in [0.3, 0.4) is 0 Å². The van der Waals surface area contributed by atoms with E-state index >= 15 is 0 Å². The van der Waals surface area contributed by atoms with E-state index in [1.54, 1.807) is 6.33 Å². The molecule has 2 saturated heterocycles. The lowest BCUT2D eigenvalue weighted by molar-refractivity contribution is -0.145. The zero-order chi connectivity index (χ0) is 17.1. The molecule has 2 fully saturated rings. The molecule has 2 aromatic rings. The molecule has 4 rings (SSSR count). The van der Waals surface area contributed by atoms with Crippen LogP contribution in [0.15, 0.2) is 36.7 Å². The smallest absolute Gasteiger partial charge is 0.228 e. The Labute approximate surface area is 146 Å². The molecule has 3 heterocycles. The van der Waals surface area contributed by atoms with Crippen molar-refractivity contribution in [2.75, 3.05) is 33.0 Å². The lowest BCUT2D eigenvalue weighted by atomic mass is 10.1. The third kappa shape index (κ3) is 3.43. The molecular formula is C18H22N4O3. The summed E-state index contributed by atoms with van der Waals surface area (Å²) in [5.74, 6) is 0.863. The van der Waals surface area contributed by atoms with Gasteiger partial charge in [0, 0.05) is 13.2 Å². The third-order valence-electron chi connectivity index (χ3n) is 4.81. The highest BCUT2D eigenvalue weighted by atomic mass is 16.5. The first-order valence-electron chi connectivity index (χ1n) is 8.70. The lowest BCUT2D eigenvalue weighted by Crippen LogP contribution is -2.47. The Morgan fingerprint density at radius 1 is 1.16 bits per heavy atom. The summed E-state index contributed by atoms with van der Waals surface area (Å²) >= 11 is 0. The van der Waals surface area contributed by atoms with Gasteiger partial charge < -0.3 is 14.4 Å². The van der Waals surface area contributed by atoms with Crippen LogP contribution in [0.4, 0.5) is 0 Å². The van der Waals surface area contributed by atoms with Gasteiger partial charge in [0.15, 0.2) is 5.82 Å². The molecule has 2 aliphatic heterocycles. The number of carbonyl (C=O) groups excluding carboxylic acids is 1. The van der Waals surface area contributed by atoms with E-state index in [9.17, 15) is 4.79 Å². The minimum Gasteiger partial charge on any atom is -0.381 e. The monoisotopic (exact) mass is 342 g/mol. The Kier molecular flexibility index (Phi) is 4.76. The summed E-state index contributed by atoms with van der Waals surface area (Å²) in [6.07, 6.45) is 2.34.